The molecule has 0 N–H and O–H groups in total. The smallest absolute Gasteiger partial charge is 0.309 e. The van der Waals surface area contributed by atoms with E-state index in [0.717, 1.165) is 11.1 Å². The van der Waals surface area contributed by atoms with Crippen LogP contribution in [0.15, 0.2) is 48.1 Å². The number of methoxy groups -OCH3 is 2. The van der Waals surface area contributed by atoms with E-state index in [-0.39, 0.29) is 12.4 Å². The van der Waals surface area contributed by atoms with Crippen molar-refractivity contribution in [2.45, 2.75) is 19.6 Å². The summed E-state index contributed by atoms with van der Waals surface area (Å²) in [4.78, 5) is 11.4. The van der Waals surface area contributed by atoms with E-state index >= 15 is 0 Å². The van der Waals surface area contributed by atoms with E-state index in [4.69, 9.17) is 14.2 Å². The molecule has 21 heavy (non-hydrogen) atoms. The second-order valence-corrected chi connectivity index (χ2v) is 4.26. The molecule has 4 heteroatoms. The van der Waals surface area contributed by atoms with Gasteiger partial charge in [-0.05, 0) is 12.5 Å². The molecular formula is C17H22O4. The third-order valence-corrected chi connectivity index (χ3v) is 2.78. The molecule has 0 radical (unpaired) electrons. The molecule has 4 nitrogen and oxygen atoms in total. The molecule has 0 saturated carbocycles. The zero-order chi connectivity index (χ0) is 15.5. The first-order chi connectivity index (χ1) is 10.2. The number of ether oxygens (including phenoxy) is 3. The van der Waals surface area contributed by atoms with E-state index in [9.17, 15) is 4.79 Å². The maximum Gasteiger partial charge on any atom is 0.309 e. The summed E-state index contributed by atoms with van der Waals surface area (Å²) in [6.45, 7) is 2.16. The van der Waals surface area contributed by atoms with E-state index < -0.39 is 6.29 Å². The van der Waals surface area contributed by atoms with E-state index in [0.29, 0.717) is 6.61 Å². The largest absolute Gasteiger partial charge is 0.466 e. The summed E-state index contributed by atoms with van der Waals surface area (Å²) < 4.78 is 15.4. The Bertz CT molecular complexity index is 473. The van der Waals surface area contributed by atoms with Crippen molar-refractivity contribution in [1.29, 1.82) is 0 Å². The van der Waals surface area contributed by atoms with Crippen LogP contribution in [0.2, 0.25) is 0 Å². The topological polar surface area (TPSA) is 44.8 Å². The molecule has 0 spiro atoms. The lowest BCUT2D eigenvalue weighted by Crippen LogP contribution is -2.15. The minimum Gasteiger partial charge on any atom is -0.466 e. The van der Waals surface area contributed by atoms with Crippen LogP contribution in [0.3, 0.4) is 0 Å². The quantitative estimate of drug-likeness (QED) is 0.419. The van der Waals surface area contributed by atoms with Crippen molar-refractivity contribution in [3.63, 3.8) is 0 Å². The molecule has 114 valence electrons. The van der Waals surface area contributed by atoms with Crippen molar-refractivity contribution >= 4 is 12.0 Å². The predicted octanol–water partition coefficient (Wildman–Crippen LogP) is 3.20. The van der Waals surface area contributed by atoms with Gasteiger partial charge in [-0.3, -0.25) is 4.79 Å². The molecule has 0 aliphatic heterocycles. The van der Waals surface area contributed by atoms with Crippen molar-refractivity contribution in [2.24, 2.45) is 0 Å². The molecule has 0 bridgehead atoms. The SMILES string of the molecule is CCOC(=O)CC=C(C=Cc1ccccc1)C(OC)OC. The van der Waals surface area contributed by atoms with Crippen LogP contribution < -0.4 is 0 Å². The molecule has 0 aromatic heterocycles. The monoisotopic (exact) mass is 290 g/mol. The molecule has 0 aliphatic rings. The number of rotatable bonds is 8. The van der Waals surface area contributed by atoms with E-state index in [1.807, 2.05) is 42.5 Å². The molecule has 0 aliphatic carbocycles. The molecular weight excluding hydrogens is 268 g/mol. The van der Waals surface area contributed by atoms with Crippen molar-refractivity contribution in [2.75, 3.05) is 20.8 Å². The van der Waals surface area contributed by atoms with Crippen LogP contribution in [0, 0.1) is 0 Å². The third-order valence-electron chi connectivity index (χ3n) is 2.78. The van der Waals surface area contributed by atoms with Crippen LogP contribution in [-0.2, 0) is 19.0 Å². The zero-order valence-electron chi connectivity index (χ0n) is 12.7. The van der Waals surface area contributed by atoms with Gasteiger partial charge in [0.05, 0.1) is 13.0 Å². The van der Waals surface area contributed by atoms with Crippen molar-refractivity contribution in [3.8, 4) is 0 Å². The van der Waals surface area contributed by atoms with Gasteiger partial charge in [-0.15, -0.1) is 0 Å². The highest BCUT2D eigenvalue weighted by Gasteiger charge is 2.10. The summed E-state index contributed by atoms with van der Waals surface area (Å²) in [6.07, 6.45) is 5.26. The Balaban J connectivity index is 2.84. The number of esters is 1. The van der Waals surface area contributed by atoms with Crippen molar-refractivity contribution in [3.05, 3.63) is 53.6 Å². The average molecular weight is 290 g/mol. The van der Waals surface area contributed by atoms with Crippen LogP contribution in [0.4, 0.5) is 0 Å². The summed E-state index contributed by atoms with van der Waals surface area (Å²) in [5.41, 5.74) is 1.84. The molecule has 0 amide bonds. The summed E-state index contributed by atoms with van der Waals surface area (Å²) >= 11 is 0. The molecule has 0 unspecified atom stereocenters. The van der Waals surface area contributed by atoms with Crippen LogP contribution in [0.5, 0.6) is 0 Å². The highest BCUT2D eigenvalue weighted by Crippen LogP contribution is 2.13. The van der Waals surface area contributed by atoms with E-state index in [1.54, 1.807) is 27.2 Å². The van der Waals surface area contributed by atoms with Gasteiger partial charge in [0.25, 0.3) is 0 Å². The fourth-order valence-electron chi connectivity index (χ4n) is 1.79. The lowest BCUT2D eigenvalue weighted by atomic mass is 10.1. The normalized spacial score (nSPS) is 12.1. The summed E-state index contributed by atoms with van der Waals surface area (Å²) in [5.74, 6) is -0.269. The highest BCUT2D eigenvalue weighted by molar-refractivity contribution is 5.71. The number of hydrogen-bond acceptors (Lipinski definition) is 4. The Kier molecular flexibility index (Phi) is 8.09. The van der Waals surface area contributed by atoms with Gasteiger partial charge in [-0.2, -0.15) is 0 Å². The van der Waals surface area contributed by atoms with Crippen LogP contribution in [0.25, 0.3) is 6.08 Å². The number of carbonyl (C=O) groups is 1. The van der Waals surface area contributed by atoms with Gasteiger partial charge in [-0.25, -0.2) is 0 Å². The first-order valence-corrected chi connectivity index (χ1v) is 6.85. The zero-order valence-corrected chi connectivity index (χ0v) is 12.7. The number of hydrogen-bond donors (Lipinski definition) is 0. The Morgan fingerprint density at radius 2 is 1.86 bits per heavy atom. The maximum atomic E-state index is 11.4. The maximum absolute atomic E-state index is 11.4. The molecule has 1 aromatic carbocycles. The summed E-state index contributed by atoms with van der Waals surface area (Å²) in [7, 11) is 3.12. The summed E-state index contributed by atoms with van der Waals surface area (Å²) in [5, 5.41) is 0. The molecule has 0 fully saturated rings. The molecule has 0 atom stereocenters. The first-order valence-electron chi connectivity index (χ1n) is 6.85. The molecule has 0 heterocycles. The van der Waals surface area contributed by atoms with Crippen LogP contribution in [-0.4, -0.2) is 33.1 Å². The number of carbonyl (C=O) groups excluding carboxylic acids is 1. The van der Waals surface area contributed by atoms with Gasteiger partial charge in [0.1, 0.15) is 0 Å². The minimum absolute atomic E-state index is 0.186. The average Bonchev–Trinajstić information content (AvgIpc) is 2.51. The highest BCUT2D eigenvalue weighted by atomic mass is 16.7. The van der Waals surface area contributed by atoms with Crippen LogP contribution >= 0.6 is 0 Å². The lowest BCUT2D eigenvalue weighted by molar-refractivity contribution is -0.142. The van der Waals surface area contributed by atoms with Gasteiger partial charge in [0.15, 0.2) is 6.29 Å². The third kappa shape index (κ3) is 6.38. The standard InChI is InChI=1S/C17H22O4/c1-4-21-16(18)13-12-15(17(19-2)20-3)11-10-14-8-6-5-7-9-14/h5-12,17H,4,13H2,1-3H3. The van der Waals surface area contributed by atoms with Crippen molar-refractivity contribution in [1.82, 2.24) is 0 Å². The van der Waals surface area contributed by atoms with E-state index in [1.165, 1.54) is 0 Å². The van der Waals surface area contributed by atoms with Crippen molar-refractivity contribution < 1.29 is 19.0 Å². The Morgan fingerprint density at radius 1 is 1.19 bits per heavy atom. The van der Waals surface area contributed by atoms with Gasteiger partial charge in [-0.1, -0.05) is 48.6 Å². The first kappa shape index (κ1) is 17.1. The van der Waals surface area contributed by atoms with Gasteiger partial charge in [0.2, 0.25) is 0 Å². The predicted molar refractivity (Wildman–Crippen MR) is 82.6 cm³/mol. The van der Waals surface area contributed by atoms with E-state index in [2.05, 4.69) is 0 Å². The van der Waals surface area contributed by atoms with Gasteiger partial charge >= 0.3 is 5.97 Å². The van der Waals surface area contributed by atoms with Crippen LogP contribution in [0.1, 0.15) is 18.9 Å². The van der Waals surface area contributed by atoms with Gasteiger partial charge < -0.3 is 14.2 Å². The Hall–Kier alpha value is -1.91. The second kappa shape index (κ2) is 9.91. The summed E-state index contributed by atoms with van der Waals surface area (Å²) in [6, 6.07) is 9.88. The number of benzene rings is 1. The minimum atomic E-state index is -0.514. The Labute approximate surface area is 126 Å². The molecule has 1 aromatic rings. The second-order valence-electron chi connectivity index (χ2n) is 4.26. The fraction of sp³-hybridized carbons (Fsp3) is 0.353. The molecule has 0 saturated heterocycles. The van der Waals surface area contributed by atoms with Gasteiger partial charge in [0, 0.05) is 19.8 Å². The Morgan fingerprint density at radius 3 is 2.43 bits per heavy atom. The fourth-order valence-corrected chi connectivity index (χ4v) is 1.79. The lowest BCUT2D eigenvalue weighted by Gasteiger charge is -2.14. The molecule has 1 rings (SSSR count).